The fourth-order valence-electron chi connectivity index (χ4n) is 1.71. The summed E-state index contributed by atoms with van der Waals surface area (Å²) in [5.41, 5.74) is 0.766. The van der Waals surface area contributed by atoms with Crippen LogP contribution in [0.1, 0.15) is 24.2 Å². The number of nitrogens with one attached hydrogen (secondary N) is 1. The zero-order chi connectivity index (χ0) is 13.0. The van der Waals surface area contributed by atoms with Crippen molar-refractivity contribution in [2.24, 2.45) is 0 Å². The fourth-order valence-corrected chi connectivity index (χ4v) is 1.71. The van der Waals surface area contributed by atoms with Crippen molar-refractivity contribution in [1.29, 1.82) is 0 Å². The summed E-state index contributed by atoms with van der Waals surface area (Å²) in [6.07, 6.45) is 4.76. The zero-order valence-corrected chi connectivity index (χ0v) is 9.90. The average molecular weight is 249 g/mol. The monoisotopic (exact) mass is 249 g/mol. The van der Waals surface area contributed by atoms with Crippen LogP contribution in [0.15, 0.2) is 36.8 Å². The molecule has 5 heteroatoms. The SMILES string of the molecule is CC(NCc1cnccn1)c1c(F)cccc1F. The summed E-state index contributed by atoms with van der Waals surface area (Å²) in [7, 11) is 0. The van der Waals surface area contributed by atoms with Gasteiger partial charge >= 0.3 is 0 Å². The summed E-state index contributed by atoms with van der Waals surface area (Å²) in [6.45, 7) is 2.11. The highest BCUT2D eigenvalue weighted by Crippen LogP contribution is 2.20. The van der Waals surface area contributed by atoms with Crippen LogP contribution in [0.3, 0.4) is 0 Å². The third-order valence-electron chi connectivity index (χ3n) is 2.64. The number of hydrogen-bond donors (Lipinski definition) is 1. The summed E-state index contributed by atoms with van der Waals surface area (Å²) in [4.78, 5) is 8.00. The van der Waals surface area contributed by atoms with Gasteiger partial charge in [-0.1, -0.05) is 6.07 Å². The van der Waals surface area contributed by atoms with Gasteiger partial charge in [0.1, 0.15) is 11.6 Å². The number of rotatable bonds is 4. The second-order valence-electron chi connectivity index (χ2n) is 3.93. The van der Waals surface area contributed by atoms with Gasteiger partial charge in [0.15, 0.2) is 0 Å². The Hall–Kier alpha value is -1.88. The van der Waals surface area contributed by atoms with Crippen molar-refractivity contribution in [3.05, 3.63) is 59.7 Å². The van der Waals surface area contributed by atoms with Crippen LogP contribution >= 0.6 is 0 Å². The molecule has 94 valence electrons. The van der Waals surface area contributed by atoms with Crippen molar-refractivity contribution in [2.45, 2.75) is 19.5 Å². The van der Waals surface area contributed by atoms with Gasteiger partial charge in [0.2, 0.25) is 0 Å². The van der Waals surface area contributed by atoms with Gasteiger partial charge < -0.3 is 5.32 Å². The molecule has 1 atom stereocenters. The molecule has 2 rings (SSSR count). The Morgan fingerprint density at radius 1 is 1.22 bits per heavy atom. The van der Waals surface area contributed by atoms with E-state index in [-0.39, 0.29) is 5.56 Å². The molecule has 1 unspecified atom stereocenters. The second-order valence-corrected chi connectivity index (χ2v) is 3.93. The van der Waals surface area contributed by atoms with Gasteiger partial charge in [0.05, 0.1) is 5.69 Å². The molecule has 0 spiro atoms. The highest BCUT2D eigenvalue weighted by molar-refractivity contribution is 5.22. The third kappa shape index (κ3) is 2.87. The number of aromatic nitrogens is 2. The average Bonchev–Trinajstić information content (AvgIpc) is 2.37. The quantitative estimate of drug-likeness (QED) is 0.905. The predicted molar refractivity (Wildman–Crippen MR) is 63.6 cm³/mol. The lowest BCUT2D eigenvalue weighted by molar-refractivity contribution is 0.485. The largest absolute Gasteiger partial charge is 0.304 e. The van der Waals surface area contributed by atoms with Crippen LogP contribution in [0.4, 0.5) is 8.78 Å². The van der Waals surface area contributed by atoms with Crippen molar-refractivity contribution < 1.29 is 8.78 Å². The molecule has 0 fully saturated rings. The smallest absolute Gasteiger partial charge is 0.130 e. The lowest BCUT2D eigenvalue weighted by Gasteiger charge is -2.15. The van der Waals surface area contributed by atoms with Gasteiger partial charge in [-0.3, -0.25) is 9.97 Å². The molecule has 0 aliphatic rings. The Balaban J connectivity index is 2.06. The zero-order valence-electron chi connectivity index (χ0n) is 9.90. The highest BCUT2D eigenvalue weighted by Gasteiger charge is 2.15. The van der Waals surface area contributed by atoms with Gasteiger partial charge in [-0.15, -0.1) is 0 Å². The molecule has 2 aromatic rings. The summed E-state index contributed by atoms with van der Waals surface area (Å²) < 4.78 is 27.0. The summed E-state index contributed by atoms with van der Waals surface area (Å²) in [5, 5.41) is 3.01. The molecule has 0 saturated heterocycles. The van der Waals surface area contributed by atoms with Crippen LogP contribution in [-0.2, 0) is 6.54 Å². The predicted octanol–water partition coefficient (Wildman–Crippen LogP) is 2.61. The summed E-state index contributed by atoms with van der Waals surface area (Å²) in [6, 6.07) is 3.41. The van der Waals surface area contributed by atoms with Crippen LogP contribution in [0.2, 0.25) is 0 Å². The van der Waals surface area contributed by atoms with Crippen LogP contribution in [0.5, 0.6) is 0 Å². The van der Waals surface area contributed by atoms with Crippen molar-refractivity contribution in [2.75, 3.05) is 0 Å². The first-order chi connectivity index (χ1) is 8.68. The maximum Gasteiger partial charge on any atom is 0.130 e. The molecule has 0 amide bonds. The van der Waals surface area contributed by atoms with E-state index in [1.54, 1.807) is 25.5 Å². The van der Waals surface area contributed by atoms with Crippen molar-refractivity contribution in [3.63, 3.8) is 0 Å². The minimum absolute atomic E-state index is 0.0430. The van der Waals surface area contributed by atoms with E-state index in [1.807, 2.05) is 0 Å². The number of nitrogens with zero attached hydrogens (tertiary/aromatic N) is 2. The van der Waals surface area contributed by atoms with E-state index >= 15 is 0 Å². The van der Waals surface area contributed by atoms with Gasteiger partial charge in [-0.05, 0) is 19.1 Å². The molecule has 0 aliphatic heterocycles. The van der Waals surface area contributed by atoms with E-state index in [9.17, 15) is 8.78 Å². The first kappa shape index (κ1) is 12.6. The third-order valence-corrected chi connectivity index (χ3v) is 2.64. The lowest BCUT2D eigenvalue weighted by atomic mass is 10.1. The Morgan fingerprint density at radius 3 is 2.56 bits per heavy atom. The lowest BCUT2D eigenvalue weighted by Crippen LogP contribution is -2.21. The fraction of sp³-hybridized carbons (Fsp3) is 0.231. The van der Waals surface area contributed by atoms with Crippen LogP contribution in [0, 0.1) is 11.6 Å². The van der Waals surface area contributed by atoms with Gasteiger partial charge in [-0.2, -0.15) is 0 Å². The summed E-state index contributed by atoms with van der Waals surface area (Å²) >= 11 is 0. The molecule has 0 aliphatic carbocycles. The van der Waals surface area contributed by atoms with Crippen molar-refractivity contribution >= 4 is 0 Å². The molecule has 0 bridgehead atoms. The highest BCUT2D eigenvalue weighted by atomic mass is 19.1. The Morgan fingerprint density at radius 2 is 1.94 bits per heavy atom. The molecule has 1 heterocycles. The normalized spacial score (nSPS) is 12.4. The second kappa shape index (κ2) is 5.64. The van der Waals surface area contributed by atoms with Crippen LogP contribution < -0.4 is 5.32 Å². The van der Waals surface area contributed by atoms with E-state index in [0.29, 0.717) is 6.54 Å². The Labute approximate surface area is 104 Å². The Bertz CT molecular complexity index is 497. The molecule has 1 aromatic heterocycles. The molecular weight excluding hydrogens is 236 g/mol. The van der Waals surface area contributed by atoms with Gasteiger partial charge in [0.25, 0.3) is 0 Å². The minimum atomic E-state index is -0.547. The van der Waals surface area contributed by atoms with Crippen molar-refractivity contribution in [1.82, 2.24) is 15.3 Å². The molecule has 1 N–H and O–H groups in total. The molecule has 1 aromatic carbocycles. The standard InChI is InChI=1S/C13H13F2N3/c1-9(13-11(14)3-2-4-12(13)15)18-8-10-7-16-5-6-17-10/h2-7,9,18H,8H2,1H3. The maximum absolute atomic E-state index is 13.5. The maximum atomic E-state index is 13.5. The molecule has 0 saturated carbocycles. The first-order valence-electron chi connectivity index (χ1n) is 5.60. The first-order valence-corrected chi connectivity index (χ1v) is 5.60. The van der Waals surface area contributed by atoms with Crippen LogP contribution in [0.25, 0.3) is 0 Å². The van der Waals surface area contributed by atoms with E-state index in [0.717, 1.165) is 5.69 Å². The molecule has 3 nitrogen and oxygen atoms in total. The van der Waals surface area contributed by atoms with E-state index in [4.69, 9.17) is 0 Å². The van der Waals surface area contributed by atoms with E-state index in [2.05, 4.69) is 15.3 Å². The van der Waals surface area contributed by atoms with Gasteiger partial charge in [0, 0.05) is 36.7 Å². The Kier molecular flexibility index (Phi) is 3.94. The van der Waals surface area contributed by atoms with Gasteiger partial charge in [-0.25, -0.2) is 8.78 Å². The molecular formula is C13H13F2N3. The minimum Gasteiger partial charge on any atom is -0.304 e. The molecule has 18 heavy (non-hydrogen) atoms. The van der Waals surface area contributed by atoms with E-state index < -0.39 is 17.7 Å². The number of hydrogen-bond acceptors (Lipinski definition) is 3. The van der Waals surface area contributed by atoms with Crippen molar-refractivity contribution in [3.8, 4) is 0 Å². The number of benzene rings is 1. The summed E-state index contributed by atoms with van der Waals surface area (Å²) in [5.74, 6) is -1.09. The number of halogens is 2. The van der Waals surface area contributed by atoms with Crippen LogP contribution in [-0.4, -0.2) is 9.97 Å². The molecule has 0 radical (unpaired) electrons. The topological polar surface area (TPSA) is 37.8 Å². The van der Waals surface area contributed by atoms with E-state index in [1.165, 1.54) is 18.2 Å².